The van der Waals surface area contributed by atoms with Crippen molar-refractivity contribution in [3.05, 3.63) is 163 Å². The minimum atomic E-state index is -0.163. The minimum absolute atomic E-state index is 0.163. The molecule has 0 spiro atoms. The van der Waals surface area contributed by atoms with Crippen LogP contribution in [-0.2, 0) is 5.41 Å². The third kappa shape index (κ3) is 4.20. The van der Waals surface area contributed by atoms with Crippen LogP contribution in [0.4, 0.5) is 17.2 Å². The monoisotopic (exact) mass is 641 g/mol. The lowest BCUT2D eigenvalue weighted by atomic mass is 9.80. The van der Waals surface area contributed by atoms with Gasteiger partial charge >= 0.3 is 0 Å². The van der Waals surface area contributed by atoms with E-state index in [-0.39, 0.29) is 5.41 Å². The molecule has 5 heterocycles. The summed E-state index contributed by atoms with van der Waals surface area (Å²) < 4.78 is 0. The number of benzene rings is 4. The smallest absolute Gasteiger partial charge is 0.139 e. The van der Waals surface area contributed by atoms with E-state index in [1.54, 1.807) is 0 Å². The van der Waals surface area contributed by atoms with E-state index in [0.717, 1.165) is 56.5 Å². The lowest BCUT2D eigenvalue weighted by Crippen LogP contribution is -2.19. The molecule has 10 rings (SSSR count). The van der Waals surface area contributed by atoms with Crippen LogP contribution in [0, 0.1) is 0 Å². The van der Waals surface area contributed by atoms with Crippen molar-refractivity contribution in [1.29, 1.82) is 0 Å². The average Bonchev–Trinajstić information content (AvgIpc) is 3.40. The Hall–Kier alpha value is -6.46. The predicted octanol–water partition coefficient (Wildman–Crippen LogP) is 11.2. The fraction of sp³-hybridized carbons (Fsp3) is 0.0667. The fourth-order valence-corrected chi connectivity index (χ4v) is 8.02. The van der Waals surface area contributed by atoms with E-state index in [1.165, 1.54) is 38.8 Å². The number of rotatable bonds is 4. The highest BCUT2D eigenvalue weighted by molar-refractivity contribution is 6.17. The first kappa shape index (κ1) is 28.5. The molecule has 0 bridgehead atoms. The normalized spacial score (nSPS) is 13.5. The van der Waals surface area contributed by atoms with E-state index in [2.05, 4.69) is 104 Å². The molecular weight excluding hydrogens is 611 g/mol. The van der Waals surface area contributed by atoms with Crippen LogP contribution >= 0.6 is 0 Å². The van der Waals surface area contributed by atoms with Crippen molar-refractivity contribution in [2.24, 2.45) is 0 Å². The van der Waals surface area contributed by atoms with Crippen LogP contribution in [-0.4, -0.2) is 19.9 Å². The van der Waals surface area contributed by atoms with E-state index < -0.39 is 0 Å². The Morgan fingerprint density at radius 1 is 0.460 bits per heavy atom. The molecule has 4 aromatic heterocycles. The molecule has 1 aliphatic heterocycles. The van der Waals surface area contributed by atoms with Gasteiger partial charge in [-0.3, -0.25) is 19.9 Å². The van der Waals surface area contributed by atoms with Gasteiger partial charge in [0.15, 0.2) is 0 Å². The highest BCUT2D eigenvalue weighted by Gasteiger charge is 2.38. The summed E-state index contributed by atoms with van der Waals surface area (Å²) in [5, 5.41) is 2.33. The van der Waals surface area contributed by atoms with Gasteiger partial charge in [0.25, 0.3) is 0 Å². The fourth-order valence-electron chi connectivity index (χ4n) is 8.02. The van der Waals surface area contributed by atoms with Gasteiger partial charge in [0.2, 0.25) is 0 Å². The summed E-state index contributed by atoms with van der Waals surface area (Å²) in [6, 6.07) is 47.1. The van der Waals surface area contributed by atoms with E-state index in [0.29, 0.717) is 0 Å². The van der Waals surface area contributed by atoms with Gasteiger partial charge in [-0.1, -0.05) is 80.6 Å². The molecule has 0 amide bonds. The van der Waals surface area contributed by atoms with E-state index in [1.807, 2.05) is 67.1 Å². The Kier molecular flexibility index (Phi) is 6.15. The first-order valence-electron chi connectivity index (χ1n) is 17.0. The van der Waals surface area contributed by atoms with Crippen molar-refractivity contribution >= 4 is 28.0 Å². The molecule has 1 aliphatic carbocycles. The van der Waals surface area contributed by atoms with Crippen molar-refractivity contribution in [2.45, 2.75) is 19.3 Å². The molecule has 5 heteroatoms. The molecule has 0 unspecified atom stereocenters. The van der Waals surface area contributed by atoms with Gasteiger partial charge in [0.1, 0.15) is 5.82 Å². The average molecular weight is 642 g/mol. The third-order valence-corrected chi connectivity index (χ3v) is 10.4. The maximum Gasteiger partial charge on any atom is 0.139 e. The number of anilines is 3. The number of fused-ring (bicyclic) bond motifs is 5. The summed E-state index contributed by atoms with van der Waals surface area (Å²) in [6.07, 6.45) is 5.52. The predicted molar refractivity (Wildman–Crippen MR) is 203 cm³/mol. The van der Waals surface area contributed by atoms with Gasteiger partial charge in [-0.25, -0.2) is 4.98 Å². The maximum atomic E-state index is 5.38. The van der Waals surface area contributed by atoms with Crippen molar-refractivity contribution < 1.29 is 0 Å². The Morgan fingerprint density at radius 2 is 1.16 bits per heavy atom. The van der Waals surface area contributed by atoms with Crippen LogP contribution in [0.25, 0.3) is 66.9 Å². The Labute approximate surface area is 290 Å². The first-order chi connectivity index (χ1) is 24.6. The molecule has 236 valence electrons. The number of hydrogen-bond acceptors (Lipinski definition) is 5. The van der Waals surface area contributed by atoms with Crippen LogP contribution in [0.2, 0.25) is 0 Å². The standard InChI is InChI=1S/C45H31N5/c1-45(2)35-15-4-3-12-29(35)33-26-34-32-14-11-13-31-30(38-17-6-9-22-47-38)19-20-41(44(31)32)50(42(34)27-36(33)45)43-25-28(37-16-5-8-21-46-37)24-40(49-43)39-18-7-10-23-48-39/h3-27H,1-2H3. The molecule has 0 saturated carbocycles. The van der Waals surface area contributed by atoms with Crippen molar-refractivity contribution in [2.75, 3.05) is 4.90 Å². The summed E-state index contributed by atoms with van der Waals surface area (Å²) in [6.45, 7) is 4.67. The molecule has 50 heavy (non-hydrogen) atoms. The van der Waals surface area contributed by atoms with Crippen molar-refractivity contribution in [3.63, 3.8) is 0 Å². The van der Waals surface area contributed by atoms with Crippen LogP contribution in [0.1, 0.15) is 25.0 Å². The molecule has 0 atom stereocenters. The van der Waals surface area contributed by atoms with Gasteiger partial charge in [-0.2, -0.15) is 0 Å². The quantitative estimate of drug-likeness (QED) is 0.191. The number of hydrogen-bond donors (Lipinski definition) is 0. The molecule has 4 aromatic carbocycles. The van der Waals surface area contributed by atoms with Gasteiger partial charge in [0.05, 0.1) is 34.2 Å². The van der Waals surface area contributed by atoms with E-state index >= 15 is 0 Å². The second kappa shape index (κ2) is 10.8. The van der Waals surface area contributed by atoms with Crippen LogP contribution in [0.5, 0.6) is 0 Å². The zero-order valence-corrected chi connectivity index (χ0v) is 27.7. The van der Waals surface area contributed by atoms with Gasteiger partial charge < -0.3 is 0 Å². The van der Waals surface area contributed by atoms with Crippen molar-refractivity contribution in [3.8, 4) is 56.2 Å². The third-order valence-electron chi connectivity index (χ3n) is 10.4. The molecular formula is C45H31N5. The number of aromatic nitrogens is 4. The van der Waals surface area contributed by atoms with E-state index in [9.17, 15) is 0 Å². The topological polar surface area (TPSA) is 54.8 Å². The Bertz CT molecular complexity index is 2560. The summed E-state index contributed by atoms with van der Waals surface area (Å²) in [5.41, 5.74) is 15.2. The second-order valence-electron chi connectivity index (χ2n) is 13.5. The number of nitrogens with zero attached hydrogens (tertiary/aromatic N) is 5. The lowest BCUT2D eigenvalue weighted by Gasteiger charge is -2.35. The SMILES string of the molecule is CC1(C)c2ccccc2-c2cc3c(cc21)N(c1cc(-c2ccccn2)cc(-c2ccccn2)n1)c1ccc(-c2ccccn2)c2cccc-3c12. The van der Waals surface area contributed by atoms with Gasteiger partial charge in [0, 0.05) is 46.1 Å². The molecule has 2 aliphatic rings. The zero-order chi connectivity index (χ0) is 33.4. The Balaban J connectivity index is 1.31. The summed E-state index contributed by atoms with van der Waals surface area (Å²) in [4.78, 5) is 22.0. The highest BCUT2D eigenvalue weighted by atomic mass is 15.2. The van der Waals surface area contributed by atoms with E-state index in [4.69, 9.17) is 19.9 Å². The summed E-state index contributed by atoms with van der Waals surface area (Å²) in [7, 11) is 0. The molecule has 0 N–H and O–H groups in total. The number of pyridine rings is 4. The minimum Gasteiger partial charge on any atom is -0.294 e. The maximum absolute atomic E-state index is 5.38. The second-order valence-corrected chi connectivity index (χ2v) is 13.5. The van der Waals surface area contributed by atoms with Crippen LogP contribution < -0.4 is 4.90 Å². The summed E-state index contributed by atoms with van der Waals surface area (Å²) >= 11 is 0. The van der Waals surface area contributed by atoms with Gasteiger partial charge in [-0.05, 0) is 99.9 Å². The first-order valence-corrected chi connectivity index (χ1v) is 17.0. The molecule has 0 saturated heterocycles. The lowest BCUT2D eigenvalue weighted by molar-refractivity contribution is 0.660. The molecule has 8 aromatic rings. The molecule has 0 fully saturated rings. The van der Waals surface area contributed by atoms with Crippen LogP contribution in [0.15, 0.2) is 152 Å². The van der Waals surface area contributed by atoms with Gasteiger partial charge in [-0.15, -0.1) is 0 Å². The van der Waals surface area contributed by atoms with Crippen molar-refractivity contribution in [1.82, 2.24) is 19.9 Å². The Morgan fingerprint density at radius 3 is 1.92 bits per heavy atom. The largest absolute Gasteiger partial charge is 0.294 e. The zero-order valence-electron chi connectivity index (χ0n) is 27.7. The molecule has 5 nitrogen and oxygen atoms in total. The summed E-state index contributed by atoms with van der Waals surface area (Å²) in [5.74, 6) is 0.810. The highest BCUT2D eigenvalue weighted by Crippen LogP contribution is 2.57. The molecule has 0 radical (unpaired) electrons. The van der Waals surface area contributed by atoms with Crippen LogP contribution in [0.3, 0.4) is 0 Å².